The molecule has 1 saturated carbocycles. The molecule has 1 aliphatic heterocycles. The van der Waals surface area contributed by atoms with Gasteiger partial charge in [-0.15, -0.1) is 0 Å². The van der Waals surface area contributed by atoms with E-state index in [1.54, 1.807) is 0 Å². The Hall–Kier alpha value is -0.0800. The Morgan fingerprint density at radius 2 is 2.31 bits per heavy atom. The molecule has 1 heterocycles. The van der Waals surface area contributed by atoms with Gasteiger partial charge in [-0.2, -0.15) is 0 Å². The predicted octanol–water partition coefficient (Wildman–Crippen LogP) is 1.80. The van der Waals surface area contributed by atoms with Crippen LogP contribution in [0.25, 0.3) is 0 Å². The molecule has 1 saturated heterocycles. The zero-order valence-corrected chi connectivity index (χ0v) is 8.81. The Labute approximate surface area is 81.0 Å². The fraction of sp³-hybridized carbons (Fsp3) is 1.00. The van der Waals surface area contributed by atoms with Crippen molar-refractivity contribution in [3.63, 3.8) is 0 Å². The smallest absolute Gasteiger partial charge is 0.0510 e. The predicted molar refractivity (Wildman–Crippen MR) is 53.7 cm³/mol. The average molecular weight is 183 g/mol. The van der Waals surface area contributed by atoms with Gasteiger partial charge < -0.3 is 10.1 Å². The van der Waals surface area contributed by atoms with Gasteiger partial charge in [-0.1, -0.05) is 13.8 Å². The highest BCUT2D eigenvalue weighted by Crippen LogP contribution is 2.51. The maximum absolute atomic E-state index is 5.47. The van der Waals surface area contributed by atoms with Crippen LogP contribution >= 0.6 is 0 Å². The Balaban J connectivity index is 1.95. The van der Waals surface area contributed by atoms with Crippen molar-refractivity contribution in [3.8, 4) is 0 Å². The summed E-state index contributed by atoms with van der Waals surface area (Å²) < 4.78 is 5.47. The third kappa shape index (κ3) is 1.89. The summed E-state index contributed by atoms with van der Waals surface area (Å²) in [5.74, 6) is 0.771. The Morgan fingerprint density at radius 1 is 1.54 bits per heavy atom. The summed E-state index contributed by atoms with van der Waals surface area (Å²) in [5, 5.41) is 3.65. The zero-order valence-electron chi connectivity index (χ0n) is 8.81. The van der Waals surface area contributed by atoms with E-state index in [-0.39, 0.29) is 0 Å². The summed E-state index contributed by atoms with van der Waals surface area (Å²) in [5.41, 5.74) is 0.592. The third-order valence-corrected chi connectivity index (χ3v) is 3.65. The van der Waals surface area contributed by atoms with Gasteiger partial charge in [0.2, 0.25) is 0 Å². The lowest BCUT2D eigenvalue weighted by Crippen LogP contribution is -2.42. The molecule has 0 aromatic rings. The molecule has 0 radical (unpaired) electrons. The van der Waals surface area contributed by atoms with Crippen molar-refractivity contribution in [2.24, 2.45) is 11.3 Å². The molecule has 0 amide bonds. The van der Waals surface area contributed by atoms with Crippen LogP contribution in [-0.2, 0) is 4.74 Å². The van der Waals surface area contributed by atoms with E-state index in [4.69, 9.17) is 4.74 Å². The minimum Gasteiger partial charge on any atom is -0.381 e. The highest BCUT2D eigenvalue weighted by molar-refractivity contribution is 5.02. The summed E-state index contributed by atoms with van der Waals surface area (Å²) in [6, 6.07) is 0.708. The first-order chi connectivity index (χ1) is 6.26. The highest BCUT2D eigenvalue weighted by Gasteiger charge is 2.48. The molecule has 2 heteroatoms. The molecule has 1 aliphatic carbocycles. The minimum absolute atomic E-state index is 0.592. The molecule has 2 aliphatic rings. The molecule has 2 atom stereocenters. The van der Waals surface area contributed by atoms with E-state index in [1.807, 2.05) is 0 Å². The minimum atomic E-state index is 0.592. The van der Waals surface area contributed by atoms with Gasteiger partial charge in [0.25, 0.3) is 0 Å². The molecule has 0 aromatic carbocycles. The SMILES string of the molecule is CCNC(C1CCOC1)C1(C)CC1. The number of hydrogen-bond donors (Lipinski definition) is 1. The average Bonchev–Trinajstić information content (AvgIpc) is 2.70. The second kappa shape index (κ2) is 3.58. The van der Waals surface area contributed by atoms with Crippen molar-refractivity contribution in [2.75, 3.05) is 19.8 Å². The topological polar surface area (TPSA) is 21.3 Å². The van der Waals surface area contributed by atoms with Gasteiger partial charge in [0.05, 0.1) is 6.61 Å². The van der Waals surface area contributed by atoms with Crippen molar-refractivity contribution >= 4 is 0 Å². The van der Waals surface area contributed by atoms with Crippen LogP contribution in [0.15, 0.2) is 0 Å². The van der Waals surface area contributed by atoms with Crippen LogP contribution in [-0.4, -0.2) is 25.8 Å². The molecule has 2 nitrogen and oxygen atoms in total. The molecule has 0 bridgehead atoms. The number of ether oxygens (including phenoxy) is 1. The van der Waals surface area contributed by atoms with Crippen molar-refractivity contribution in [3.05, 3.63) is 0 Å². The summed E-state index contributed by atoms with van der Waals surface area (Å²) >= 11 is 0. The van der Waals surface area contributed by atoms with Gasteiger partial charge in [-0.05, 0) is 31.2 Å². The lowest BCUT2D eigenvalue weighted by molar-refractivity contribution is 0.163. The van der Waals surface area contributed by atoms with Crippen molar-refractivity contribution < 1.29 is 4.74 Å². The van der Waals surface area contributed by atoms with E-state index in [2.05, 4.69) is 19.2 Å². The maximum atomic E-state index is 5.47. The van der Waals surface area contributed by atoms with Gasteiger partial charge in [-0.3, -0.25) is 0 Å². The summed E-state index contributed by atoms with van der Waals surface area (Å²) in [6.45, 7) is 7.67. The van der Waals surface area contributed by atoms with Gasteiger partial charge in [0.15, 0.2) is 0 Å². The van der Waals surface area contributed by atoms with Gasteiger partial charge in [-0.25, -0.2) is 0 Å². The number of nitrogens with one attached hydrogen (secondary N) is 1. The monoisotopic (exact) mass is 183 g/mol. The molecule has 0 spiro atoms. The highest BCUT2D eigenvalue weighted by atomic mass is 16.5. The second-order valence-electron chi connectivity index (χ2n) is 4.81. The van der Waals surface area contributed by atoms with E-state index < -0.39 is 0 Å². The molecule has 76 valence electrons. The second-order valence-corrected chi connectivity index (χ2v) is 4.81. The molecule has 2 unspecified atom stereocenters. The largest absolute Gasteiger partial charge is 0.381 e. The van der Waals surface area contributed by atoms with Crippen molar-refractivity contribution in [1.29, 1.82) is 0 Å². The van der Waals surface area contributed by atoms with Crippen LogP contribution in [0, 0.1) is 11.3 Å². The molecule has 0 aromatic heterocycles. The van der Waals surface area contributed by atoms with E-state index in [9.17, 15) is 0 Å². The summed E-state index contributed by atoms with van der Waals surface area (Å²) in [4.78, 5) is 0. The van der Waals surface area contributed by atoms with Crippen LogP contribution < -0.4 is 5.32 Å². The standard InChI is InChI=1S/C11H21NO/c1-3-12-10(11(2)5-6-11)9-4-7-13-8-9/h9-10,12H,3-8H2,1-2H3. The fourth-order valence-electron chi connectivity index (χ4n) is 2.53. The molecule has 13 heavy (non-hydrogen) atoms. The van der Waals surface area contributed by atoms with Crippen LogP contribution in [0.4, 0.5) is 0 Å². The third-order valence-electron chi connectivity index (χ3n) is 3.65. The maximum Gasteiger partial charge on any atom is 0.0510 e. The Morgan fingerprint density at radius 3 is 2.77 bits per heavy atom. The van der Waals surface area contributed by atoms with Crippen LogP contribution in [0.1, 0.15) is 33.1 Å². The van der Waals surface area contributed by atoms with Crippen molar-refractivity contribution in [2.45, 2.75) is 39.2 Å². The first kappa shape index (κ1) is 9.47. The first-order valence-electron chi connectivity index (χ1n) is 5.57. The van der Waals surface area contributed by atoms with E-state index >= 15 is 0 Å². The van der Waals surface area contributed by atoms with E-state index in [0.29, 0.717) is 11.5 Å². The molecular weight excluding hydrogens is 162 g/mol. The Bertz CT molecular complexity index is 171. The molecule has 2 fully saturated rings. The summed E-state index contributed by atoms with van der Waals surface area (Å²) in [7, 11) is 0. The quantitative estimate of drug-likeness (QED) is 0.717. The van der Waals surface area contributed by atoms with Crippen LogP contribution in [0.5, 0.6) is 0 Å². The van der Waals surface area contributed by atoms with Crippen molar-refractivity contribution in [1.82, 2.24) is 5.32 Å². The lowest BCUT2D eigenvalue weighted by Gasteiger charge is -2.29. The number of hydrogen-bond acceptors (Lipinski definition) is 2. The van der Waals surface area contributed by atoms with Gasteiger partial charge >= 0.3 is 0 Å². The van der Waals surface area contributed by atoms with E-state index in [1.165, 1.54) is 19.3 Å². The lowest BCUT2D eigenvalue weighted by atomic mass is 9.86. The molecule has 1 N–H and O–H groups in total. The number of rotatable bonds is 4. The van der Waals surface area contributed by atoms with Gasteiger partial charge in [0.1, 0.15) is 0 Å². The summed E-state index contributed by atoms with van der Waals surface area (Å²) in [6.07, 6.45) is 4.07. The first-order valence-corrected chi connectivity index (χ1v) is 5.57. The molecular formula is C11H21NO. The Kier molecular flexibility index (Phi) is 2.61. The van der Waals surface area contributed by atoms with Gasteiger partial charge in [0, 0.05) is 18.6 Å². The van der Waals surface area contributed by atoms with E-state index in [0.717, 1.165) is 25.7 Å². The zero-order chi connectivity index (χ0) is 9.31. The normalized spacial score (nSPS) is 33.2. The van der Waals surface area contributed by atoms with Crippen LogP contribution in [0.3, 0.4) is 0 Å². The van der Waals surface area contributed by atoms with Crippen LogP contribution in [0.2, 0.25) is 0 Å². The fourth-order valence-corrected chi connectivity index (χ4v) is 2.53. The molecule has 2 rings (SSSR count).